The summed E-state index contributed by atoms with van der Waals surface area (Å²) in [4.78, 5) is 25.3. The molecule has 0 unspecified atom stereocenters. The predicted octanol–water partition coefficient (Wildman–Crippen LogP) is 5.82. The maximum Gasteiger partial charge on any atom is 0.157 e. The summed E-state index contributed by atoms with van der Waals surface area (Å²) in [5, 5.41) is 7.09. The van der Waals surface area contributed by atoms with Gasteiger partial charge in [0.2, 0.25) is 0 Å². The number of aromatic amines is 1. The first kappa shape index (κ1) is 25.2. The average Bonchev–Trinajstić information content (AvgIpc) is 3.67. The van der Waals surface area contributed by atoms with Crippen molar-refractivity contribution in [3.05, 3.63) is 65.4 Å². The van der Waals surface area contributed by atoms with E-state index >= 15 is 0 Å². The Morgan fingerprint density at radius 2 is 1.85 bits per heavy atom. The number of piperidine rings is 1. The first-order valence-electron chi connectivity index (χ1n) is 14.9. The van der Waals surface area contributed by atoms with Crippen LogP contribution < -0.4 is 15.5 Å². The highest BCUT2D eigenvalue weighted by atomic mass is 15.2. The number of aromatic nitrogens is 4. The van der Waals surface area contributed by atoms with Crippen molar-refractivity contribution in [1.82, 2.24) is 25.3 Å². The fourth-order valence-corrected chi connectivity index (χ4v) is 6.59. The summed E-state index contributed by atoms with van der Waals surface area (Å²) in [5.74, 6) is 1.61. The molecule has 8 heteroatoms. The van der Waals surface area contributed by atoms with Crippen LogP contribution in [0.3, 0.4) is 0 Å². The second-order valence-corrected chi connectivity index (χ2v) is 11.6. The molecule has 0 atom stereocenters. The molecule has 1 saturated carbocycles. The lowest BCUT2D eigenvalue weighted by molar-refractivity contribution is 0.489. The molecule has 0 spiro atoms. The molecule has 2 fully saturated rings. The average molecular weight is 535 g/mol. The molecule has 1 aliphatic carbocycles. The summed E-state index contributed by atoms with van der Waals surface area (Å²) in [6, 6.07) is 8.93. The summed E-state index contributed by atoms with van der Waals surface area (Å²) in [5.41, 5.74) is 10.5. The molecule has 0 radical (unpaired) electrons. The van der Waals surface area contributed by atoms with Gasteiger partial charge in [-0.3, -0.25) is 15.0 Å². The molecule has 7 rings (SSSR count). The molecule has 2 aliphatic heterocycles. The fourth-order valence-electron chi connectivity index (χ4n) is 6.59. The van der Waals surface area contributed by atoms with Crippen molar-refractivity contribution in [3.63, 3.8) is 0 Å². The zero-order chi connectivity index (χ0) is 26.9. The van der Waals surface area contributed by atoms with Gasteiger partial charge in [-0.05, 0) is 75.3 Å². The number of rotatable bonds is 7. The van der Waals surface area contributed by atoms with Crippen LogP contribution in [-0.4, -0.2) is 52.0 Å². The minimum atomic E-state index is 0.499. The van der Waals surface area contributed by atoms with E-state index < -0.39 is 0 Å². The number of H-pyrrole nitrogens is 1. The Kier molecular flexibility index (Phi) is 6.93. The number of imidazole rings is 1. The first-order chi connectivity index (χ1) is 19.7. The third-order valence-corrected chi connectivity index (χ3v) is 8.63. The molecule has 40 heavy (non-hydrogen) atoms. The molecule has 3 aliphatic rings. The summed E-state index contributed by atoms with van der Waals surface area (Å²) < 4.78 is 0. The van der Waals surface area contributed by atoms with Gasteiger partial charge in [-0.2, -0.15) is 0 Å². The maximum atomic E-state index is 5.08. The summed E-state index contributed by atoms with van der Waals surface area (Å²) in [6.45, 7) is 6.77. The van der Waals surface area contributed by atoms with Gasteiger partial charge in [-0.15, -0.1) is 0 Å². The lowest BCUT2D eigenvalue weighted by Gasteiger charge is -2.28. The molecule has 0 amide bonds. The van der Waals surface area contributed by atoms with Crippen LogP contribution in [0.2, 0.25) is 0 Å². The van der Waals surface area contributed by atoms with Gasteiger partial charge in [0.1, 0.15) is 17.9 Å². The molecule has 1 saturated heterocycles. The molecule has 0 bridgehead atoms. The Labute approximate surface area is 235 Å². The van der Waals surface area contributed by atoms with Crippen molar-refractivity contribution in [1.29, 1.82) is 0 Å². The topological polar surface area (TPSA) is 94.1 Å². The smallest absolute Gasteiger partial charge is 0.157 e. The van der Waals surface area contributed by atoms with E-state index in [4.69, 9.17) is 15.0 Å². The van der Waals surface area contributed by atoms with Crippen molar-refractivity contribution in [2.75, 3.05) is 36.5 Å². The number of hydrogen-bond acceptors (Lipinski definition) is 7. The Morgan fingerprint density at radius 1 is 0.975 bits per heavy atom. The highest BCUT2D eigenvalue weighted by Crippen LogP contribution is 2.31. The van der Waals surface area contributed by atoms with Gasteiger partial charge in [0.25, 0.3) is 0 Å². The van der Waals surface area contributed by atoms with Crippen LogP contribution in [0.4, 0.5) is 11.4 Å². The number of nitrogens with one attached hydrogen (secondary N) is 3. The highest BCUT2D eigenvalue weighted by Gasteiger charge is 2.23. The van der Waals surface area contributed by atoms with E-state index in [1.54, 1.807) is 0 Å². The number of anilines is 2. The van der Waals surface area contributed by atoms with E-state index in [2.05, 4.69) is 56.7 Å². The van der Waals surface area contributed by atoms with Crippen LogP contribution >= 0.6 is 0 Å². The first-order valence-corrected chi connectivity index (χ1v) is 14.9. The zero-order valence-corrected chi connectivity index (χ0v) is 23.3. The predicted molar refractivity (Wildman–Crippen MR) is 162 cm³/mol. The van der Waals surface area contributed by atoms with Crippen molar-refractivity contribution in [2.24, 2.45) is 10.9 Å². The fraction of sp³-hybridized carbons (Fsp3) is 0.438. The van der Waals surface area contributed by atoms with Gasteiger partial charge >= 0.3 is 0 Å². The van der Waals surface area contributed by atoms with E-state index in [1.807, 2.05) is 18.6 Å². The SMILES string of the molecule is Cc1cc(CNCC2CCCC2)cc(-c2cc3c(cn2)NCN=C3c2nc3c(N4CCCCC4)cncc3[nH]2)c1. The normalized spacial score (nSPS) is 17.6. The van der Waals surface area contributed by atoms with Gasteiger partial charge in [-0.1, -0.05) is 24.5 Å². The van der Waals surface area contributed by atoms with Crippen LogP contribution in [0.15, 0.2) is 47.8 Å². The number of fused-ring (bicyclic) bond motifs is 2. The van der Waals surface area contributed by atoms with E-state index in [0.29, 0.717) is 6.67 Å². The molecule has 3 N–H and O–H groups in total. The van der Waals surface area contributed by atoms with Gasteiger partial charge in [0.15, 0.2) is 5.82 Å². The third kappa shape index (κ3) is 5.08. The molecule has 5 heterocycles. The molecule has 4 aromatic rings. The number of aliphatic imine (C=N–C) groups is 1. The number of pyridine rings is 2. The van der Waals surface area contributed by atoms with Crippen LogP contribution in [-0.2, 0) is 6.54 Å². The zero-order valence-electron chi connectivity index (χ0n) is 23.3. The van der Waals surface area contributed by atoms with E-state index in [0.717, 1.165) is 82.9 Å². The van der Waals surface area contributed by atoms with E-state index in [9.17, 15) is 0 Å². The summed E-state index contributed by atoms with van der Waals surface area (Å²) in [6.07, 6.45) is 15.0. The lowest BCUT2D eigenvalue weighted by Crippen LogP contribution is -2.29. The Bertz CT molecular complexity index is 1540. The minimum absolute atomic E-state index is 0.499. The largest absolute Gasteiger partial charge is 0.368 e. The van der Waals surface area contributed by atoms with Crippen LogP contribution in [0, 0.1) is 12.8 Å². The van der Waals surface area contributed by atoms with Crippen molar-refractivity contribution in [3.8, 4) is 11.3 Å². The molecular weight excluding hydrogens is 496 g/mol. The molecule has 1 aromatic carbocycles. The number of hydrogen-bond donors (Lipinski definition) is 3. The Balaban J connectivity index is 1.18. The van der Waals surface area contributed by atoms with E-state index in [-0.39, 0.29) is 0 Å². The summed E-state index contributed by atoms with van der Waals surface area (Å²) >= 11 is 0. The molecule has 8 nitrogen and oxygen atoms in total. The monoisotopic (exact) mass is 534 g/mol. The molecule has 3 aromatic heterocycles. The van der Waals surface area contributed by atoms with Crippen LogP contribution in [0.5, 0.6) is 0 Å². The van der Waals surface area contributed by atoms with Gasteiger partial charge in [-0.25, -0.2) is 4.98 Å². The Hall–Kier alpha value is -3.78. The van der Waals surface area contributed by atoms with Gasteiger partial charge in [0, 0.05) is 30.8 Å². The van der Waals surface area contributed by atoms with Crippen LogP contribution in [0.25, 0.3) is 22.3 Å². The second kappa shape index (κ2) is 11.0. The maximum absolute atomic E-state index is 5.08. The van der Waals surface area contributed by atoms with Gasteiger partial charge in [0.05, 0.1) is 41.2 Å². The van der Waals surface area contributed by atoms with Crippen molar-refractivity contribution in [2.45, 2.75) is 58.4 Å². The highest BCUT2D eigenvalue weighted by molar-refractivity contribution is 6.16. The van der Waals surface area contributed by atoms with Crippen molar-refractivity contribution < 1.29 is 0 Å². The Morgan fingerprint density at radius 3 is 2.73 bits per heavy atom. The minimum Gasteiger partial charge on any atom is -0.368 e. The quantitative estimate of drug-likeness (QED) is 0.277. The standard InChI is InChI=1S/C32H38N8/c1-21-11-23(16-33-15-22-7-3-4-8-22)13-24(12-21)26-14-25-27(18-35-26)36-20-37-30(25)32-38-28-17-34-19-29(31(28)39-32)40-9-5-2-6-10-40/h11-14,17-19,22,33,36H,2-10,15-16,20H2,1H3,(H,38,39). The molecular formula is C32H38N8. The number of nitrogens with zero attached hydrogens (tertiary/aromatic N) is 5. The van der Waals surface area contributed by atoms with Crippen LogP contribution in [0.1, 0.15) is 67.5 Å². The lowest BCUT2D eigenvalue weighted by atomic mass is 10.00. The molecule has 206 valence electrons. The van der Waals surface area contributed by atoms with Crippen molar-refractivity contribution >= 4 is 28.1 Å². The van der Waals surface area contributed by atoms with E-state index in [1.165, 1.54) is 56.1 Å². The number of aryl methyl sites for hydroxylation is 1. The number of benzene rings is 1. The van der Waals surface area contributed by atoms with Gasteiger partial charge < -0.3 is 20.5 Å². The summed E-state index contributed by atoms with van der Waals surface area (Å²) in [7, 11) is 0. The third-order valence-electron chi connectivity index (χ3n) is 8.63. The second-order valence-electron chi connectivity index (χ2n) is 11.6.